The molecule has 3 rings (SSSR count). The molecule has 1 heterocycles. The highest BCUT2D eigenvalue weighted by molar-refractivity contribution is 5.93. The van der Waals surface area contributed by atoms with Crippen LogP contribution in [0.5, 0.6) is 11.5 Å². The van der Waals surface area contributed by atoms with Crippen LogP contribution in [0.3, 0.4) is 0 Å². The summed E-state index contributed by atoms with van der Waals surface area (Å²) in [6, 6.07) is 14.1. The van der Waals surface area contributed by atoms with Crippen LogP contribution in [0.4, 0.5) is 5.69 Å². The summed E-state index contributed by atoms with van der Waals surface area (Å²) in [7, 11) is 5.01. The van der Waals surface area contributed by atoms with Gasteiger partial charge in [-0.2, -0.15) is 0 Å². The van der Waals surface area contributed by atoms with E-state index in [0.29, 0.717) is 11.5 Å². The first kappa shape index (κ1) is 18.6. The number of nitrogens with zero attached hydrogens (tertiary/aromatic N) is 1. The molecule has 0 saturated heterocycles. The van der Waals surface area contributed by atoms with E-state index in [9.17, 15) is 0 Å². The van der Waals surface area contributed by atoms with Crippen molar-refractivity contribution < 1.29 is 9.47 Å². The molecule has 6 nitrogen and oxygen atoms in total. The summed E-state index contributed by atoms with van der Waals surface area (Å²) in [5, 5.41) is 7.92. The molecule has 0 bridgehead atoms. The van der Waals surface area contributed by atoms with Gasteiger partial charge in [-0.3, -0.25) is 4.99 Å². The standard InChI is InChI=1S/C21H26N4O2/c1-22-21(25-16-10-11-19(26-2)20(13-16)27-3)23-12-6-7-15-14-24-18-9-5-4-8-17(15)18/h4-5,8-11,13-14,24H,6-7,12H2,1-3H3,(H2,22,23,25). The largest absolute Gasteiger partial charge is 0.493 e. The van der Waals surface area contributed by atoms with E-state index in [1.165, 1.54) is 16.5 Å². The van der Waals surface area contributed by atoms with Gasteiger partial charge in [0, 0.05) is 42.4 Å². The molecule has 0 aliphatic rings. The van der Waals surface area contributed by atoms with Crippen LogP contribution in [-0.2, 0) is 6.42 Å². The zero-order chi connectivity index (χ0) is 19.1. The molecule has 6 heteroatoms. The Morgan fingerprint density at radius 2 is 1.89 bits per heavy atom. The molecule has 27 heavy (non-hydrogen) atoms. The predicted molar refractivity (Wildman–Crippen MR) is 111 cm³/mol. The molecule has 0 saturated carbocycles. The van der Waals surface area contributed by atoms with Gasteiger partial charge in [-0.15, -0.1) is 0 Å². The summed E-state index contributed by atoms with van der Waals surface area (Å²) in [5.41, 5.74) is 3.42. The Kier molecular flexibility index (Phi) is 6.20. The Morgan fingerprint density at radius 3 is 2.67 bits per heavy atom. The average molecular weight is 366 g/mol. The van der Waals surface area contributed by atoms with Gasteiger partial charge in [-0.1, -0.05) is 18.2 Å². The number of aromatic amines is 1. The molecule has 0 unspecified atom stereocenters. The lowest BCUT2D eigenvalue weighted by atomic mass is 10.1. The number of aryl methyl sites for hydroxylation is 1. The van der Waals surface area contributed by atoms with Gasteiger partial charge in [0.05, 0.1) is 14.2 Å². The van der Waals surface area contributed by atoms with E-state index in [2.05, 4.69) is 45.0 Å². The maximum absolute atomic E-state index is 5.34. The van der Waals surface area contributed by atoms with Crippen molar-refractivity contribution in [1.82, 2.24) is 10.3 Å². The van der Waals surface area contributed by atoms with Crippen LogP contribution >= 0.6 is 0 Å². The fourth-order valence-electron chi connectivity index (χ4n) is 3.05. The van der Waals surface area contributed by atoms with Gasteiger partial charge >= 0.3 is 0 Å². The van der Waals surface area contributed by atoms with Crippen molar-refractivity contribution in [1.29, 1.82) is 0 Å². The maximum atomic E-state index is 5.34. The highest BCUT2D eigenvalue weighted by Gasteiger charge is 2.07. The first-order valence-electron chi connectivity index (χ1n) is 9.00. The molecular formula is C21H26N4O2. The molecule has 0 aliphatic heterocycles. The van der Waals surface area contributed by atoms with Gasteiger partial charge in [0.15, 0.2) is 17.5 Å². The molecular weight excluding hydrogens is 340 g/mol. The van der Waals surface area contributed by atoms with Crippen LogP contribution in [0.1, 0.15) is 12.0 Å². The van der Waals surface area contributed by atoms with Crippen molar-refractivity contribution in [3.05, 3.63) is 54.2 Å². The molecule has 0 atom stereocenters. The van der Waals surface area contributed by atoms with Gasteiger partial charge in [0.1, 0.15) is 0 Å². The summed E-state index contributed by atoms with van der Waals surface area (Å²) in [6.45, 7) is 0.826. The zero-order valence-electron chi connectivity index (χ0n) is 16.0. The molecule has 142 valence electrons. The number of guanidine groups is 1. The predicted octanol–water partition coefficient (Wildman–Crippen LogP) is 3.81. The Balaban J connectivity index is 1.52. The number of hydrogen-bond donors (Lipinski definition) is 3. The topological polar surface area (TPSA) is 70.7 Å². The highest BCUT2D eigenvalue weighted by atomic mass is 16.5. The quantitative estimate of drug-likeness (QED) is 0.338. The number of anilines is 1. The third kappa shape index (κ3) is 4.53. The zero-order valence-corrected chi connectivity index (χ0v) is 16.0. The number of hydrogen-bond acceptors (Lipinski definition) is 3. The van der Waals surface area contributed by atoms with Crippen LogP contribution < -0.4 is 20.1 Å². The average Bonchev–Trinajstić information content (AvgIpc) is 3.13. The lowest BCUT2D eigenvalue weighted by Crippen LogP contribution is -2.31. The smallest absolute Gasteiger partial charge is 0.195 e. The van der Waals surface area contributed by atoms with Crippen molar-refractivity contribution in [2.45, 2.75) is 12.8 Å². The van der Waals surface area contributed by atoms with Crippen molar-refractivity contribution in [2.24, 2.45) is 4.99 Å². The summed E-state index contributed by atoms with van der Waals surface area (Å²) in [4.78, 5) is 7.61. The van der Waals surface area contributed by atoms with Crippen LogP contribution in [0.2, 0.25) is 0 Å². The number of rotatable bonds is 7. The normalized spacial score (nSPS) is 11.4. The molecule has 0 amide bonds. The minimum absolute atomic E-state index is 0.678. The van der Waals surface area contributed by atoms with Gasteiger partial charge in [-0.25, -0.2) is 0 Å². The van der Waals surface area contributed by atoms with Crippen molar-refractivity contribution in [2.75, 3.05) is 33.1 Å². The van der Waals surface area contributed by atoms with E-state index in [4.69, 9.17) is 9.47 Å². The third-order valence-corrected chi connectivity index (χ3v) is 4.46. The Bertz CT molecular complexity index is 917. The Morgan fingerprint density at radius 1 is 1.07 bits per heavy atom. The number of para-hydroxylation sites is 1. The Hall–Kier alpha value is -3.15. The number of aromatic nitrogens is 1. The second kappa shape index (κ2) is 8.98. The van der Waals surface area contributed by atoms with Gasteiger partial charge < -0.3 is 25.1 Å². The highest BCUT2D eigenvalue weighted by Crippen LogP contribution is 2.29. The Labute approximate surface area is 159 Å². The van der Waals surface area contributed by atoms with E-state index >= 15 is 0 Å². The number of ether oxygens (including phenoxy) is 2. The number of benzene rings is 2. The minimum atomic E-state index is 0.678. The maximum Gasteiger partial charge on any atom is 0.195 e. The van der Waals surface area contributed by atoms with E-state index < -0.39 is 0 Å². The molecule has 3 N–H and O–H groups in total. The molecule has 3 aromatic rings. The third-order valence-electron chi connectivity index (χ3n) is 4.46. The second-order valence-electron chi connectivity index (χ2n) is 6.16. The fourth-order valence-corrected chi connectivity index (χ4v) is 3.05. The van der Waals surface area contributed by atoms with Crippen molar-refractivity contribution >= 4 is 22.5 Å². The lowest BCUT2D eigenvalue weighted by molar-refractivity contribution is 0.355. The first-order chi connectivity index (χ1) is 13.2. The number of H-pyrrole nitrogens is 1. The summed E-state index contributed by atoms with van der Waals surface area (Å²) < 4.78 is 10.6. The van der Waals surface area contributed by atoms with Crippen LogP contribution in [0.15, 0.2) is 53.7 Å². The van der Waals surface area contributed by atoms with E-state index in [1.54, 1.807) is 21.3 Å². The van der Waals surface area contributed by atoms with E-state index in [-0.39, 0.29) is 0 Å². The monoisotopic (exact) mass is 366 g/mol. The molecule has 2 aromatic carbocycles. The fraction of sp³-hybridized carbons (Fsp3) is 0.286. The number of nitrogens with one attached hydrogen (secondary N) is 3. The lowest BCUT2D eigenvalue weighted by Gasteiger charge is -2.14. The molecule has 1 aromatic heterocycles. The first-order valence-corrected chi connectivity index (χ1v) is 9.00. The molecule has 0 radical (unpaired) electrons. The van der Waals surface area contributed by atoms with Crippen LogP contribution in [0.25, 0.3) is 10.9 Å². The number of methoxy groups -OCH3 is 2. The van der Waals surface area contributed by atoms with Gasteiger partial charge in [-0.05, 0) is 36.6 Å². The summed E-state index contributed by atoms with van der Waals surface area (Å²) in [6.07, 6.45) is 4.11. The second-order valence-corrected chi connectivity index (χ2v) is 6.16. The van der Waals surface area contributed by atoms with Gasteiger partial charge in [0.25, 0.3) is 0 Å². The van der Waals surface area contributed by atoms with Gasteiger partial charge in [0.2, 0.25) is 0 Å². The van der Waals surface area contributed by atoms with E-state index in [1.807, 2.05) is 24.3 Å². The molecule has 0 spiro atoms. The summed E-state index contributed by atoms with van der Waals surface area (Å²) in [5.74, 6) is 2.10. The minimum Gasteiger partial charge on any atom is -0.493 e. The van der Waals surface area contributed by atoms with Crippen molar-refractivity contribution in [3.8, 4) is 11.5 Å². The van der Waals surface area contributed by atoms with E-state index in [0.717, 1.165) is 31.0 Å². The number of fused-ring (bicyclic) bond motifs is 1. The molecule has 0 fully saturated rings. The molecule has 0 aliphatic carbocycles. The summed E-state index contributed by atoms with van der Waals surface area (Å²) >= 11 is 0. The van der Waals surface area contributed by atoms with Crippen LogP contribution in [-0.4, -0.2) is 38.8 Å². The van der Waals surface area contributed by atoms with Crippen LogP contribution in [0, 0.1) is 0 Å². The SMILES string of the molecule is CN=C(NCCCc1c[nH]c2ccccc12)Nc1ccc(OC)c(OC)c1. The number of aliphatic imine (C=N–C) groups is 1. The van der Waals surface area contributed by atoms with Crippen molar-refractivity contribution in [3.63, 3.8) is 0 Å².